The van der Waals surface area contributed by atoms with E-state index in [1.807, 2.05) is 0 Å². The lowest BCUT2D eigenvalue weighted by atomic mass is 9.66. The van der Waals surface area contributed by atoms with E-state index < -0.39 is 23.4 Å². The second-order valence-corrected chi connectivity index (χ2v) is 6.42. The molecular weight excluding hydrogens is 328 g/mol. The van der Waals surface area contributed by atoms with Crippen molar-refractivity contribution < 1.29 is 24.5 Å². The van der Waals surface area contributed by atoms with Crippen molar-refractivity contribution >= 4 is 5.97 Å². The molecule has 0 aliphatic heterocycles. The van der Waals surface area contributed by atoms with Crippen molar-refractivity contribution in [1.29, 1.82) is 0 Å². The Morgan fingerprint density at radius 2 is 2.04 bits per heavy atom. The molecule has 4 N–H and O–H groups in total. The van der Waals surface area contributed by atoms with Crippen LogP contribution in [-0.2, 0) is 16.0 Å². The molecule has 0 spiro atoms. The number of benzene rings is 1. The SMILES string of the molecule is COC(=O)C1C(c2ccc(O)c(OC)c2)c2c([nH][nH]c2=O)CC1(C)O. The summed E-state index contributed by atoms with van der Waals surface area (Å²) in [5.74, 6) is -2.22. The van der Waals surface area contributed by atoms with Crippen LogP contribution >= 0.6 is 0 Å². The van der Waals surface area contributed by atoms with Gasteiger partial charge in [-0.2, -0.15) is 0 Å². The Hall–Kier alpha value is -2.74. The number of carbonyl (C=O) groups is 1. The number of esters is 1. The maximum absolute atomic E-state index is 12.4. The van der Waals surface area contributed by atoms with E-state index in [1.165, 1.54) is 27.2 Å². The van der Waals surface area contributed by atoms with E-state index in [0.717, 1.165) is 0 Å². The van der Waals surface area contributed by atoms with Gasteiger partial charge in [-0.25, -0.2) is 0 Å². The van der Waals surface area contributed by atoms with E-state index in [2.05, 4.69) is 10.2 Å². The Bertz CT molecular complexity index is 866. The molecule has 0 saturated heterocycles. The van der Waals surface area contributed by atoms with Crippen LogP contribution in [0, 0.1) is 5.92 Å². The first-order chi connectivity index (χ1) is 11.8. The number of phenolic OH excluding ortho intramolecular Hbond substituents is 1. The molecule has 1 aliphatic rings. The van der Waals surface area contributed by atoms with Gasteiger partial charge in [-0.15, -0.1) is 0 Å². The number of phenols is 1. The third-order valence-corrected chi connectivity index (χ3v) is 4.76. The lowest BCUT2D eigenvalue weighted by Crippen LogP contribution is -2.49. The number of aromatic amines is 2. The molecule has 134 valence electrons. The Morgan fingerprint density at radius 1 is 1.32 bits per heavy atom. The van der Waals surface area contributed by atoms with Crippen LogP contribution in [0.15, 0.2) is 23.0 Å². The lowest BCUT2D eigenvalue weighted by molar-refractivity contribution is -0.156. The summed E-state index contributed by atoms with van der Waals surface area (Å²) in [5, 5.41) is 26.0. The third-order valence-electron chi connectivity index (χ3n) is 4.76. The van der Waals surface area contributed by atoms with Crippen LogP contribution in [0.2, 0.25) is 0 Å². The fraction of sp³-hybridized carbons (Fsp3) is 0.412. The smallest absolute Gasteiger partial charge is 0.312 e. The first-order valence-electron chi connectivity index (χ1n) is 7.76. The summed E-state index contributed by atoms with van der Waals surface area (Å²) in [6.45, 7) is 1.54. The van der Waals surface area contributed by atoms with Crippen LogP contribution in [0.25, 0.3) is 0 Å². The van der Waals surface area contributed by atoms with Crippen molar-refractivity contribution in [3.63, 3.8) is 0 Å². The first-order valence-corrected chi connectivity index (χ1v) is 7.76. The van der Waals surface area contributed by atoms with E-state index >= 15 is 0 Å². The number of fused-ring (bicyclic) bond motifs is 1. The van der Waals surface area contributed by atoms with Gasteiger partial charge in [-0.1, -0.05) is 6.07 Å². The van der Waals surface area contributed by atoms with Crippen molar-refractivity contribution in [1.82, 2.24) is 10.2 Å². The average Bonchev–Trinajstić information content (AvgIpc) is 2.92. The van der Waals surface area contributed by atoms with Crippen molar-refractivity contribution in [3.05, 3.63) is 45.4 Å². The van der Waals surface area contributed by atoms with Crippen LogP contribution in [0.3, 0.4) is 0 Å². The van der Waals surface area contributed by atoms with Crippen LogP contribution in [0.1, 0.15) is 29.7 Å². The van der Waals surface area contributed by atoms with E-state index in [-0.39, 0.29) is 23.5 Å². The van der Waals surface area contributed by atoms with Gasteiger partial charge in [0.25, 0.3) is 5.56 Å². The number of ether oxygens (including phenoxy) is 2. The van der Waals surface area contributed by atoms with Crippen molar-refractivity contribution in [2.24, 2.45) is 5.92 Å². The van der Waals surface area contributed by atoms with Crippen LogP contribution in [0.4, 0.5) is 0 Å². The van der Waals surface area contributed by atoms with Crippen molar-refractivity contribution in [3.8, 4) is 11.5 Å². The molecule has 8 nitrogen and oxygen atoms in total. The molecule has 1 aliphatic carbocycles. The molecule has 8 heteroatoms. The minimum absolute atomic E-state index is 0.0633. The van der Waals surface area contributed by atoms with E-state index in [4.69, 9.17) is 9.47 Å². The number of hydrogen-bond acceptors (Lipinski definition) is 6. The zero-order valence-corrected chi connectivity index (χ0v) is 14.1. The van der Waals surface area contributed by atoms with Gasteiger partial charge >= 0.3 is 5.97 Å². The molecule has 1 aromatic heterocycles. The molecular formula is C17H20N2O6. The third kappa shape index (κ3) is 2.68. The summed E-state index contributed by atoms with van der Waals surface area (Å²) in [6, 6.07) is 4.57. The molecule has 2 aromatic rings. The highest BCUT2D eigenvalue weighted by Crippen LogP contribution is 2.45. The van der Waals surface area contributed by atoms with Gasteiger partial charge in [0, 0.05) is 23.6 Å². The molecule has 3 atom stereocenters. The molecule has 1 aromatic carbocycles. The number of H-pyrrole nitrogens is 2. The molecule has 0 amide bonds. The normalized spacial score (nSPS) is 25.3. The van der Waals surface area contributed by atoms with Crippen LogP contribution in [0.5, 0.6) is 11.5 Å². The Balaban J connectivity index is 2.26. The van der Waals surface area contributed by atoms with Gasteiger partial charge < -0.3 is 24.8 Å². The number of hydrogen-bond donors (Lipinski definition) is 4. The second-order valence-electron chi connectivity index (χ2n) is 6.42. The number of aromatic nitrogens is 2. The molecule has 0 saturated carbocycles. The Kier molecular flexibility index (Phi) is 4.08. The molecule has 0 radical (unpaired) electrons. The predicted molar refractivity (Wildman–Crippen MR) is 87.7 cm³/mol. The van der Waals surface area contributed by atoms with Crippen LogP contribution in [-0.4, -0.2) is 46.2 Å². The van der Waals surface area contributed by atoms with Crippen LogP contribution < -0.4 is 10.3 Å². The number of rotatable bonds is 3. The summed E-state index contributed by atoms with van der Waals surface area (Å²) in [6.07, 6.45) is 0.104. The number of nitrogens with one attached hydrogen (secondary N) is 2. The fourth-order valence-corrected chi connectivity index (χ4v) is 3.63. The standard InChI is InChI=1S/C17H20N2O6/c1-17(23)7-9-13(15(21)19-18-9)12(14(17)16(22)25-3)8-4-5-10(20)11(6-8)24-2/h4-6,12,14,20,23H,7H2,1-3H3,(H2,18,19,21). The molecule has 0 bridgehead atoms. The Morgan fingerprint density at radius 3 is 2.68 bits per heavy atom. The highest BCUT2D eigenvalue weighted by Gasteiger charge is 2.51. The van der Waals surface area contributed by atoms with Crippen molar-refractivity contribution in [2.45, 2.75) is 24.9 Å². The zero-order chi connectivity index (χ0) is 18.4. The second kappa shape index (κ2) is 5.96. The average molecular weight is 348 g/mol. The van der Waals surface area contributed by atoms with Gasteiger partial charge in [0.1, 0.15) is 0 Å². The van der Waals surface area contributed by atoms with Gasteiger partial charge in [0.05, 0.1) is 25.7 Å². The molecule has 25 heavy (non-hydrogen) atoms. The fourth-order valence-electron chi connectivity index (χ4n) is 3.63. The van der Waals surface area contributed by atoms with Crippen molar-refractivity contribution in [2.75, 3.05) is 14.2 Å². The van der Waals surface area contributed by atoms with Gasteiger partial charge in [0.2, 0.25) is 0 Å². The summed E-state index contributed by atoms with van der Waals surface area (Å²) < 4.78 is 10.0. The molecule has 3 rings (SSSR count). The first kappa shape index (κ1) is 17.1. The predicted octanol–water partition coefficient (Wildman–Crippen LogP) is 0.645. The van der Waals surface area contributed by atoms with Gasteiger partial charge in [-0.3, -0.25) is 14.7 Å². The summed E-state index contributed by atoms with van der Waals surface area (Å²) in [7, 11) is 2.64. The maximum Gasteiger partial charge on any atom is 0.312 e. The van der Waals surface area contributed by atoms with E-state index in [1.54, 1.807) is 12.1 Å². The van der Waals surface area contributed by atoms with E-state index in [9.17, 15) is 19.8 Å². The largest absolute Gasteiger partial charge is 0.504 e. The maximum atomic E-state index is 12.4. The zero-order valence-electron chi connectivity index (χ0n) is 14.1. The highest BCUT2D eigenvalue weighted by molar-refractivity contribution is 5.77. The summed E-state index contributed by atoms with van der Waals surface area (Å²) in [5.41, 5.74) is -0.337. The molecule has 0 fully saturated rings. The lowest BCUT2D eigenvalue weighted by Gasteiger charge is -2.40. The highest BCUT2D eigenvalue weighted by atomic mass is 16.5. The Labute approximate surface area is 143 Å². The summed E-state index contributed by atoms with van der Waals surface area (Å²) in [4.78, 5) is 24.8. The minimum atomic E-state index is -1.43. The minimum Gasteiger partial charge on any atom is -0.504 e. The number of methoxy groups -OCH3 is 2. The van der Waals surface area contributed by atoms with E-state index in [0.29, 0.717) is 16.8 Å². The monoisotopic (exact) mass is 348 g/mol. The number of aromatic hydroxyl groups is 1. The van der Waals surface area contributed by atoms with Gasteiger partial charge in [0.15, 0.2) is 11.5 Å². The number of aliphatic hydroxyl groups is 1. The summed E-state index contributed by atoms with van der Waals surface area (Å²) >= 11 is 0. The molecule has 3 unspecified atom stereocenters. The topological polar surface area (TPSA) is 125 Å². The number of carbonyl (C=O) groups excluding carboxylic acids is 1. The quantitative estimate of drug-likeness (QED) is 0.604. The molecule has 1 heterocycles. The van der Waals surface area contributed by atoms with Gasteiger partial charge in [-0.05, 0) is 24.6 Å².